The lowest BCUT2D eigenvalue weighted by Gasteiger charge is -1.98. The van der Waals surface area contributed by atoms with Crippen LogP contribution in [-0.2, 0) is 0 Å². The highest BCUT2D eigenvalue weighted by molar-refractivity contribution is 7.75. The Bertz CT molecular complexity index is 195. The molecule has 0 aromatic heterocycles. The van der Waals surface area contributed by atoms with Crippen LogP contribution in [-0.4, -0.2) is 0 Å². The molecule has 0 spiro atoms. The Morgan fingerprint density at radius 3 is 1.90 bits per heavy atom. The van der Waals surface area contributed by atoms with Crippen LogP contribution >= 0.6 is 25.8 Å². The molecular formula is C6H6O2S2. The normalized spacial score (nSPS) is 9.00. The predicted molar refractivity (Wildman–Crippen MR) is 45.7 cm³/mol. The van der Waals surface area contributed by atoms with Crippen LogP contribution in [0, 0.1) is 0 Å². The van der Waals surface area contributed by atoms with Crippen LogP contribution in [0.15, 0.2) is 24.3 Å². The van der Waals surface area contributed by atoms with Gasteiger partial charge in [-0.25, -0.2) is 0 Å². The Morgan fingerprint density at radius 2 is 1.50 bits per heavy atom. The maximum Gasteiger partial charge on any atom is 0.140 e. The molecule has 1 rings (SSSR count). The number of benzene rings is 1. The molecule has 0 unspecified atom stereocenters. The van der Waals surface area contributed by atoms with Crippen molar-refractivity contribution in [2.75, 3.05) is 0 Å². The fourth-order valence-electron chi connectivity index (χ4n) is 0.588. The molecular weight excluding hydrogens is 168 g/mol. The first kappa shape index (κ1) is 7.63. The van der Waals surface area contributed by atoms with Crippen molar-refractivity contribution in [2.45, 2.75) is 0 Å². The molecule has 10 heavy (non-hydrogen) atoms. The lowest BCUT2D eigenvalue weighted by atomic mass is 10.3. The lowest BCUT2D eigenvalue weighted by Crippen LogP contribution is -1.76. The van der Waals surface area contributed by atoms with Crippen molar-refractivity contribution in [1.82, 2.24) is 0 Å². The third-order valence-corrected chi connectivity index (χ3v) is 1.44. The molecule has 0 N–H and O–H groups in total. The van der Waals surface area contributed by atoms with Gasteiger partial charge in [0.1, 0.15) is 11.5 Å². The van der Waals surface area contributed by atoms with Crippen LogP contribution in [0.1, 0.15) is 0 Å². The molecule has 4 heteroatoms. The molecule has 0 saturated heterocycles. The van der Waals surface area contributed by atoms with E-state index in [1.807, 2.05) is 0 Å². The molecule has 0 amide bonds. The summed E-state index contributed by atoms with van der Waals surface area (Å²) in [6, 6.07) is 7.00. The second-order valence-corrected chi connectivity index (χ2v) is 2.02. The van der Waals surface area contributed by atoms with Gasteiger partial charge in [-0.15, -0.1) is 0 Å². The van der Waals surface area contributed by atoms with E-state index in [0.717, 1.165) is 0 Å². The molecule has 0 aliphatic carbocycles. The maximum absolute atomic E-state index is 4.64. The van der Waals surface area contributed by atoms with Gasteiger partial charge in [0.05, 0.1) is 0 Å². The van der Waals surface area contributed by atoms with Gasteiger partial charge < -0.3 is 8.37 Å². The van der Waals surface area contributed by atoms with Crippen molar-refractivity contribution in [3.63, 3.8) is 0 Å². The largest absolute Gasteiger partial charge is 0.429 e. The minimum Gasteiger partial charge on any atom is -0.429 e. The molecule has 0 radical (unpaired) electrons. The zero-order valence-electron chi connectivity index (χ0n) is 5.02. The molecule has 0 aliphatic rings. The lowest BCUT2D eigenvalue weighted by molar-refractivity contribution is 0.629. The monoisotopic (exact) mass is 174 g/mol. The highest BCUT2D eigenvalue weighted by Gasteiger charge is 1.93. The topological polar surface area (TPSA) is 18.5 Å². The van der Waals surface area contributed by atoms with E-state index >= 15 is 0 Å². The van der Waals surface area contributed by atoms with E-state index in [1.54, 1.807) is 24.3 Å². The molecule has 0 bridgehead atoms. The summed E-state index contributed by atoms with van der Waals surface area (Å²) in [5, 5.41) is 0. The molecule has 0 heterocycles. The summed E-state index contributed by atoms with van der Waals surface area (Å²) >= 11 is 7.23. The summed E-state index contributed by atoms with van der Waals surface area (Å²) in [4.78, 5) is 0. The summed E-state index contributed by atoms with van der Waals surface area (Å²) in [5.74, 6) is 1.27. The van der Waals surface area contributed by atoms with Gasteiger partial charge in [0.25, 0.3) is 0 Å². The van der Waals surface area contributed by atoms with E-state index in [9.17, 15) is 0 Å². The standard InChI is InChI=1S/C6H6O2S2/c9-7-5-2-1-3-6(4-5)8-10/h1-4,9-10H. The van der Waals surface area contributed by atoms with Crippen LogP contribution in [0.3, 0.4) is 0 Å². The van der Waals surface area contributed by atoms with Crippen LogP contribution in [0.4, 0.5) is 0 Å². The van der Waals surface area contributed by atoms with Crippen molar-refractivity contribution in [3.05, 3.63) is 24.3 Å². The fraction of sp³-hybridized carbons (Fsp3) is 0. The zero-order valence-corrected chi connectivity index (χ0v) is 6.81. The summed E-state index contributed by atoms with van der Waals surface area (Å²) in [6.07, 6.45) is 0. The van der Waals surface area contributed by atoms with Gasteiger partial charge in [-0.1, -0.05) is 6.07 Å². The first-order chi connectivity index (χ1) is 4.86. The van der Waals surface area contributed by atoms with Gasteiger partial charge >= 0.3 is 0 Å². The Balaban J connectivity index is 2.87. The summed E-state index contributed by atoms with van der Waals surface area (Å²) in [7, 11) is 0. The molecule has 0 fully saturated rings. The molecule has 0 atom stereocenters. The Hall–Kier alpha value is -0.480. The smallest absolute Gasteiger partial charge is 0.140 e. The van der Waals surface area contributed by atoms with Gasteiger partial charge in [-0.3, -0.25) is 0 Å². The second kappa shape index (κ2) is 3.63. The minimum atomic E-state index is 0.634. The van der Waals surface area contributed by atoms with Crippen LogP contribution in [0.25, 0.3) is 0 Å². The number of thiol groups is 2. The molecule has 0 aliphatic heterocycles. The van der Waals surface area contributed by atoms with Gasteiger partial charge in [-0.2, -0.15) is 0 Å². The minimum absolute atomic E-state index is 0.634. The van der Waals surface area contributed by atoms with Crippen molar-refractivity contribution in [2.24, 2.45) is 0 Å². The van der Waals surface area contributed by atoms with E-state index in [1.165, 1.54) is 0 Å². The van der Waals surface area contributed by atoms with Crippen molar-refractivity contribution in [1.29, 1.82) is 0 Å². The third-order valence-electron chi connectivity index (χ3n) is 1.02. The summed E-state index contributed by atoms with van der Waals surface area (Å²) in [5.41, 5.74) is 0. The van der Waals surface area contributed by atoms with Crippen molar-refractivity contribution in [3.8, 4) is 11.5 Å². The SMILES string of the molecule is SOc1cccc(OS)c1. The van der Waals surface area contributed by atoms with E-state index in [2.05, 4.69) is 34.2 Å². The Labute approximate surface area is 70.4 Å². The quantitative estimate of drug-likeness (QED) is 0.528. The van der Waals surface area contributed by atoms with E-state index in [-0.39, 0.29) is 0 Å². The molecule has 2 nitrogen and oxygen atoms in total. The van der Waals surface area contributed by atoms with E-state index in [4.69, 9.17) is 0 Å². The third kappa shape index (κ3) is 1.75. The molecule has 1 aromatic carbocycles. The maximum atomic E-state index is 4.64. The van der Waals surface area contributed by atoms with Gasteiger partial charge in [0.2, 0.25) is 0 Å². The van der Waals surface area contributed by atoms with Gasteiger partial charge in [0.15, 0.2) is 0 Å². The number of hydrogen-bond acceptors (Lipinski definition) is 4. The van der Waals surface area contributed by atoms with Gasteiger partial charge in [-0.05, 0) is 12.1 Å². The van der Waals surface area contributed by atoms with Crippen LogP contribution in [0.2, 0.25) is 0 Å². The zero-order chi connectivity index (χ0) is 7.40. The van der Waals surface area contributed by atoms with Crippen LogP contribution in [0.5, 0.6) is 11.5 Å². The van der Waals surface area contributed by atoms with Crippen molar-refractivity contribution >= 4 is 25.8 Å². The predicted octanol–water partition coefficient (Wildman–Crippen LogP) is 2.13. The summed E-state index contributed by atoms with van der Waals surface area (Å²) < 4.78 is 9.27. The number of hydrogen-bond donors (Lipinski definition) is 2. The highest BCUT2D eigenvalue weighted by Crippen LogP contribution is 2.20. The average molecular weight is 174 g/mol. The Kier molecular flexibility index (Phi) is 2.77. The fourth-order valence-corrected chi connectivity index (χ4v) is 0.815. The summed E-state index contributed by atoms with van der Waals surface area (Å²) in [6.45, 7) is 0. The van der Waals surface area contributed by atoms with E-state index < -0.39 is 0 Å². The highest BCUT2D eigenvalue weighted by atomic mass is 32.1. The second-order valence-electron chi connectivity index (χ2n) is 1.66. The van der Waals surface area contributed by atoms with E-state index in [0.29, 0.717) is 11.5 Å². The molecule has 1 aromatic rings. The average Bonchev–Trinajstić information content (AvgIpc) is 2.05. The van der Waals surface area contributed by atoms with Crippen LogP contribution < -0.4 is 8.37 Å². The number of rotatable bonds is 2. The first-order valence-corrected chi connectivity index (χ1v) is 3.33. The first-order valence-electron chi connectivity index (χ1n) is 2.59. The molecule has 54 valence electrons. The molecule has 0 saturated carbocycles. The van der Waals surface area contributed by atoms with Crippen molar-refractivity contribution < 1.29 is 8.37 Å². The van der Waals surface area contributed by atoms with Gasteiger partial charge in [0, 0.05) is 31.9 Å². The Morgan fingerprint density at radius 1 is 1.00 bits per heavy atom.